The zero-order valence-corrected chi connectivity index (χ0v) is 27.2. The largest absolute Gasteiger partial charge is 0.292 e. The van der Waals surface area contributed by atoms with Crippen LogP contribution in [0.2, 0.25) is 0 Å². The molecule has 0 aliphatic rings. The number of rotatable bonds is 13. The van der Waals surface area contributed by atoms with E-state index in [-0.39, 0.29) is 11.6 Å². The number of aromatic nitrogens is 2. The van der Waals surface area contributed by atoms with Crippen LogP contribution in [0.1, 0.15) is 69.3 Å². The van der Waals surface area contributed by atoms with E-state index >= 15 is 0 Å². The summed E-state index contributed by atoms with van der Waals surface area (Å²) >= 11 is 2.97. The van der Waals surface area contributed by atoms with Gasteiger partial charge in [-0.3, -0.25) is 9.59 Å². The van der Waals surface area contributed by atoms with Gasteiger partial charge in [-0.25, -0.2) is 9.97 Å². The highest BCUT2D eigenvalue weighted by molar-refractivity contribution is 7.20. The lowest BCUT2D eigenvalue weighted by Gasteiger charge is -2.06. The molecule has 0 atom stereocenters. The van der Waals surface area contributed by atoms with E-state index in [1.807, 2.05) is 30.5 Å². The van der Waals surface area contributed by atoms with Gasteiger partial charge in [-0.1, -0.05) is 84.9 Å². The van der Waals surface area contributed by atoms with Crippen molar-refractivity contribution in [2.75, 3.05) is 0 Å². The highest BCUT2D eigenvalue weighted by Gasteiger charge is 2.14. The summed E-state index contributed by atoms with van der Waals surface area (Å²) in [5.41, 5.74) is 4.56. The molecule has 0 spiro atoms. The van der Waals surface area contributed by atoms with E-state index < -0.39 is 0 Å². The first-order chi connectivity index (χ1) is 22.6. The van der Waals surface area contributed by atoms with Crippen LogP contribution in [0.25, 0.3) is 42.2 Å². The Morgan fingerprint density at radius 2 is 1.20 bits per heavy atom. The Labute approximate surface area is 276 Å². The lowest BCUT2D eigenvalue weighted by molar-refractivity contribution is 0.0971. The van der Waals surface area contributed by atoms with E-state index in [9.17, 15) is 9.59 Å². The fourth-order valence-corrected chi connectivity index (χ4v) is 7.78. The van der Waals surface area contributed by atoms with Crippen LogP contribution in [0, 0.1) is 0 Å². The number of unbranched alkanes of at least 4 members (excludes halogenated alkanes) is 2. The lowest BCUT2D eigenvalue weighted by atomic mass is 10.0. The first kappa shape index (κ1) is 30.2. The summed E-state index contributed by atoms with van der Waals surface area (Å²) in [4.78, 5) is 35.7. The Kier molecular flexibility index (Phi) is 9.08. The summed E-state index contributed by atoms with van der Waals surface area (Å²) in [6.45, 7) is 0. The zero-order chi connectivity index (χ0) is 31.3. The van der Waals surface area contributed by atoms with Gasteiger partial charge in [-0.15, -0.1) is 22.7 Å². The van der Waals surface area contributed by atoms with Crippen molar-refractivity contribution in [2.24, 2.45) is 0 Å². The number of thiazole rings is 2. The molecule has 0 saturated carbocycles. The van der Waals surface area contributed by atoms with Crippen molar-refractivity contribution in [1.82, 2.24) is 9.97 Å². The van der Waals surface area contributed by atoms with Crippen LogP contribution >= 0.6 is 22.7 Å². The lowest BCUT2D eigenvalue weighted by Crippen LogP contribution is -1.98. The van der Waals surface area contributed by atoms with Gasteiger partial charge in [0.05, 0.1) is 15.1 Å². The third kappa shape index (κ3) is 6.99. The third-order valence-electron chi connectivity index (χ3n) is 8.52. The number of para-hydroxylation sites is 1. The summed E-state index contributed by atoms with van der Waals surface area (Å²) in [6, 6.07) is 36.0. The van der Waals surface area contributed by atoms with Gasteiger partial charge in [-0.05, 0) is 95.0 Å². The smallest absolute Gasteiger partial charge is 0.191 e. The number of Topliss-reactive ketones (excluding diaryl/α,β-unsaturated/α-hetero) is 2. The van der Waals surface area contributed by atoms with Crippen molar-refractivity contribution in [1.29, 1.82) is 0 Å². The highest BCUT2D eigenvalue weighted by atomic mass is 32.1. The fourth-order valence-electron chi connectivity index (χ4n) is 5.97. The van der Waals surface area contributed by atoms with E-state index in [0.717, 1.165) is 59.2 Å². The number of carbonyl (C=O) groups excluding carboxylic acids is 2. The van der Waals surface area contributed by atoms with Gasteiger partial charge in [0.1, 0.15) is 0 Å². The molecule has 228 valence electrons. The van der Waals surface area contributed by atoms with Crippen LogP contribution in [0.5, 0.6) is 0 Å². The zero-order valence-electron chi connectivity index (χ0n) is 25.6. The van der Waals surface area contributed by atoms with E-state index in [2.05, 4.69) is 88.8 Å². The maximum Gasteiger partial charge on any atom is 0.191 e. The molecule has 0 aliphatic carbocycles. The number of ketones is 2. The van der Waals surface area contributed by atoms with Gasteiger partial charge >= 0.3 is 0 Å². The molecule has 0 aliphatic heterocycles. The standard InChI is InChI=1S/C40H34N2O2S2/c43-35(14-6-1-9-27-17-19-29-11-3-4-12-31(29)23-27)39-41-26-38(46-39)32-22-21-30-20-18-28(24-33(30)25-32)10-2-7-15-36(44)40-42-34-13-5-8-16-37(34)45-40/h3-5,8,11-13,16-26H,1-2,6-7,9-10,14-15H2. The van der Waals surface area contributed by atoms with Crippen molar-refractivity contribution in [3.8, 4) is 10.4 Å². The first-order valence-corrected chi connectivity index (χ1v) is 17.6. The molecule has 0 bridgehead atoms. The van der Waals surface area contributed by atoms with Gasteiger partial charge in [0, 0.05) is 19.0 Å². The molecule has 4 nitrogen and oxygen atoms in total. The van der Waals surface area contributed by atoms with Crippen molar-refractivity contribution in [3.63, 3.8) is 0 Å². The predicted octanol–water partition coefficient (Wildman–Crippen LogP) is 10.9. The van der Waals surface area contributed by atoms with Gasteiger partial charge in [-0.2, -0.15) is 0 Å². The molecule has 7 rings (SSSR count). The van der Waals surface area contributed by atoms with E-state index in [1.54, 1.807) is 0 Å². The van der Waals surface area contributed by atoms with Crippen molar-refractivity contribution in [2.45, 2.75) is 51.4 Å². The molecule has 0 saturated heterocycles. The van der Waals surface area contributed by atoms with E-state index in [0.29, 0.717) is 22.9 Å². The van der Waals surface area contributed by atoms with Crippen LogP contribution in [0.4, 0.5) is 0 Å². The summed E-state index contributed by atoms with van der Waals surface area (Å²) in [7, 11) is 0. The van der Waals surface area contributed by atoms with Gasteiger partial charge in [0.15, 0.2) is 21.6 Å². The summed E-state index contributed by atoms with van der Waals surface area (Å²) in [6.07, 6.45) is 8.40. The average molecular weight is 639 g/mol. The molecule has 7 aromatic rings. The monoisotopic (exact) mass is 638 g/mol. The van der Waals surface area contributed by atoms with Crippen LogP contribution in [-0.4, -0.2) is 21.5 Å². The number of hydrogen-bond donors (Lipinski definition) is 0. The Bertz CT molecular complexity index is 2140. The predicted molar refractivity (Wildman–Crippen MR) is 192 cm³/mol. The summed E-state index contributed by atoms with van der Waals surface area (Å²) < 4.78 is 1.06. The minimum Gasteiger partial charge on any atom is -0.292 e. The molecule has 0 unspecified atom stereocenters. The minimum atomic E-state index is 0.124. The Morgan fingerprint density at radius 3 is 1.96 bits per heavy atom. The second-order valence-corrected chi connectivity index (χ2v) is 13.9. The normalized spacial score (nSPS) is 11.5. The fraction of sp³-hybridized carbons (Fsp3) is 0.200. The Morgan fingerprint density at radius 1 is 0.565 bits per heavy atom. The molecule has 46 heavy (non-hydrogen) atoms. The van der Waals surface area contributed by atoms with Gasteiger partial charge < -0.3 is 0 Å². The molecule has 2 aromatic heterocycles. The van der Waals surface area contributed by atoms with Crippen LogP contribution in [-0.2, 0) is 12.8 Å². The maximum atomic E-state index is 12.9. The number of nitrogens with zero attached hydrogens (tertiary/aromatic N) is 2. The molecule has 6 heteroatoms. The number of benzene rings is 5. The first-order valence-electron chi connectivity index (χ1n) is 16.0. The van der Waals surface area contributed by atoms with Crippen LogP contribution in [0.3, 0.4) is 0 Å². The van der Waals surface area contributed by atoms with E-state index in [1.165, 1.54) is 55.3 Å². The summed E-state index contributed by atoms with van der Waals surface area (Å²) in [5.74, 6) is 0.257. The Hall–Kier alpha value is -4.52. The molecule has 0 amide bonds. The quantitative estimate of drug-likeness (QED) is 0.0931. The topological polar surface area (TPSA) is 59.9 Å². The summed E-state index contributed by atoms with van der Waals surface area (Å²) in [5, 5.41) is 6.09. The van der Waals surface area contributed by atoms with Crippen molar-refractivity contribution >= 4 is 66.0 Å². The highest BCUT2D eigenvalue weighted by Crippen LogP contribution is 2.31. The maximum absolute atomic E-state index is 12.9. The molecule has 0 fully saturated rings. The SMILES string of the molecule is O=C(CCCCc1ccc2ccccc2c1)c1ncc(-c2ccc3ccc(CCCCC(=O)c4nc5ccccc5s4)cc3c2)s1. The Balaban J connectivity index is 0.911. The molecular weight excluding hydrogens is 605 g/mol. The third-order valence-corrected chi connectivity index (χ3v) is 10.7. The van der Waals surface area contributed by atoms with Crippen molar-refractivity contribution in [3.05, 3.63) is 130 Å². The number of fused-ring (bicyclic) bond motifs is 3. The second kappa shape index (κ2) is 13.9. The van der Waals surface area contributed by atoms with Crippen LogP contribution < -0.4 is 0 Å². The molecule has 2 heterocycles. The van der Waals surface area contributed by atoms with Crippen LogP contribution in [0.15, 0.2) is 109 Å². The molecular formula is C40H34N2O2S2. The average Bonchev–Trinajstić information content (AvgIpc) is 3.77. The number of carbonyl (C=O) groups is 2. The van der Waals surface area contributed by atoms with Gasteiger partial charge in [0.25, 0.3) is 0 Å². The van der Waals surface area contributed by atoms with Gasteiger partial charge in [0.2, 0.25) is 0 Å². The second-order valence-electron chi connectivity index (χ2n) is 11.9. The molecule has 0 radical (unpaired) electrons. The number of aryl methyl sites for hydroxylation is 2. The number of hydrogen-bond acceptors (Lipinski definition) is 6. The molecule has 5 aromatic carbocycles. The van der Waals surface area contributed by atoms with Crippen molar-refractivity contribution < 1.29 is 9.59 Å². The molecule has 0 N–H and O–H groups in total. The minimum absolute atomic E-state index is 0.124. The van der Waals surface area contributed by atoms with E-state index in [4.69, 9.17) is 0 Å².